The molecule has 11 aliphatic rings. The van der Waals surface area contributed by atoms with Gasteiger partial charge in [-0.05, 0) is 182 Å². The highest BCUT2D eigenvalue weighted by atomic mass is 19.3. The lowest BCUT2D eigenvalue weighted by Gasteiger charge is -2.39. The molecule has 135 heavy (non-hydrogen) atoms. The van der Waals surface area contributed by atoms with Gasteiger partial charge in [-0.3, -0.25) is 57.5 Å². The number of nitrogens with two attached hydrogens (primary N) is 3. The summed E-state index contributed by atoms with van der Waals surface area (Å²) in [5, 5.41) is 24.4. The molecule has 15 amide bonds. The number of fused-ring (bicyclic) bond motifs is 3. The van der Waals surface area contributed by atoms with Crippen LogP contribution in [0.3, 0.4) is 0 Å². The fourth-order valence-electron chi connectivity index (χ4n) is 20.1. The molecule has 758 valence electrons. The third-order valence-corrected chi connectivity index (χ3v) is 29.9. The van der Waals surface area contributed by atoms with Gasteiger partial charge in [0.05, 0.1) is 18.1 Å². The standard InChI is InChI=1S/2C33H53N5O7.C31H49F2N5O7/c1-16(18-12-13-18)45-29(43)25(32(5,6)7)37-30(44)36-24(31(2,3)4)28(42)38-15-19-21(33(19,8)9)22(38)27(41)35-20(14-17-10-11-17)23(39)26(34)40;1-31(2,3)24(36-30(44)37-25(32(4,5)6)29(43)45-18-13-10-14-18)28(42)38-16-19-21(33(19,7)8)22(38)27(41)35-20(23(39)26(34)40)15-17-11-9-12-17;1-14(2)19(26(43)45-29(6,7)8)36-27(44)37-22(28(3,4)5)25(42)38-13-16-18(30(16,9)10)20(38)24(41)35-17(21(39)23(34)40)11-15-12-31(15,32)33/h16-22,24-25H,10-15H2,1-9H3,(H2,34,40)(H,35,41)(H2,36,37,44);17-22,24-25H,9-16H2,1-8H3,(H2,34,40)(H,35,41)(H2,36,37,44);14-20,22H,11-13H2,1-10H3,(H2,34,40)(H,35,41)(H2,36,37,44)/t16?,19-,20?,21-,22-,24+,25+;19-,20?,21-,22-,24+,25+;15?,16-,17?,18-,19-,20-,22+/m000/s1. The molecular formula is C97H155F2N15O21. The van der Waals surface area contributed by atoms with Gasteiger partial charge in [0.1, 0.15) is 72.2 Å². The van der Waals surface area contributed by atoms with Gasteiger partial charge >= 0.3 is 36.0 Å². The van der Waals surface area contributed by atoms with Crippen molar-refractivity contribution < 1.29 is 109 Å². The zero-order valence-corrected chi connectivity index (χ0v) is 84.4. The molecule has 0 bridgehead atoms. The first-order valence-electron chi connectivity index (χ1n) is 48.2. The number of halogens is 2. The van der Waals surface area contributed by atoms with Gasteiger partial charge in [-0.25, -0.2) is 37.5 Å². The summed E-state index contributed by atoms with van der Waals surface area (Å²) in [6, 6.07) is -14.8. The Hall–Kier alpha value is -9.68. The molecule has 3 heterocycles. The van der Waals surface area contributed by atoms with E-state index in [2.05, 4.69) is 47.9 Å². The van der Waals surface area contributed by atoms with Crippen molar-refractivity contribution in [1.29, 1.82) is 0 Å². The molecule has 3 saturated heterocycles. The summed E-state index contributed by atoms with van der Waals surface area (Å²) in [4.78, 5) is 240. The van der Waals surface area contributed by atoms with Crippen molar-refractivity contribution in [2.24, 2.45) is 126 Å². The number of likely N-dealkylation sites (tertiary alicyclic amines) is 3. The molecule has 38 heteroatoms. The van der Waals surface area contributed by atoms with Crippen LogP contribution in [0, 0.1) is 108 Å². The minimum atomic E-state index is -3.00. The van der Waals surface area contributed by atoms with E-state index >= 15 is 0 Å². The average Bonchev–Trinajstić information content (AvgIpc) is 1.53. The number of hydrogen-bond donors (Lipinski definition) is 12. The monoisotopic (exact) mass is 1900 g/mol. The number of carbonyl (C=O) groups is 18. The third-order valence-electron chi connectivity index (χ3n) is 29.9. The Bertz CT molecular complexity index is 4570. The zero-order valence-electron chi connectivity index (χ0n) is 84.4. The number of hydrogen-bond acceptors (Lipinski definition) is 21. The van der Waals surface area contributed by atoms with Crippen LogP contribution in [-0.2, 0) is 86.1 Å². The molecule has 8 aliphatic carbocycles. The van der Waals surface area contributed by atoms with Crippen LogP contribution in [0.25, 0.3) is 0 Å². The van der Waals surface area contributed by atoms with Gasteiger partial charge in [0.15, 0.2) is 0 Å². The van der Waals surface area contributed by atoms with Gasteiger partial charge in [0, 0.05) is 32.0 Å². The molecule has 36 nitrogen and oxygen atoms in total. The maximum atomic E-state index is 14.3. The summed E-state index contributed by atoms with van der Waals surface area (Å²) in [5.74, 6) is -15.5. The van der Waals surface area contributed by atoms with E-state index in [1.165, 1.54) is 14.7 Å². The molecule has 0 radical (unpaired) electrons. The highest BCUT2D eigenvalue weighted by Gasteiger charge is 2.73. The minimum absolute atomic E-state index is 0.0638. The van der Waals surface area contributed by atoms with Crippen LogP contribution in [0.1, 0.15) is 277 Å². The summed E-state index contributed by atoms with van der Waals surface area (Å²) in [7, 11) is 0. The molecule has 0 aromatic carbocycles. The van der Waals surface area contributed by atoms with Crippen LogP contribution < -0.4 is 65.1 Å². The Balaban J connectivity index is 0.000000227. The first-order chi connectivity index (χ1) is 61.7. The smallest absolute Gasteiger partial charge is 0.329 e. The molecule has 0 spiro atoms. The molecule has 0 aromatic rings. The number of rotatable bonds is 34. The number of ether oxygens (including phenoxy) is 3. The number of ketones is 3. The highest BCUT2D eigenvalue weighted by molar-refractivity contribution is 6.39. The number of esters is 3. The lowest BCUT2D eigenvalue weighted by Crippen LogP contribution is -2.63. The van der Waals surface area contributed by atoms with Crippen LogP contribution in [0.4, 0.5) is 23.2 Å². The average molecular weight is 1910 g/mol. The van der Waals surface area contributed by atoms with Crippen LogP contribution in [0.15, 0.2) is 0 Å². The number of nitrogens with one attached hydrogen (secondary N) is 9. The van der Waals surface area contributed by atoms with E-state index in [9.17, 15) is 95.1 Å². The lowest BCUT2D eigenvalue weighted by atomic mass is 9.80. The number of alkyl halides is 2. The van der Waals surface area contributed by atoms with Gasteiger partial charge < -0.3 is 94.0 Å². The van der Waals surface area contributed by atoms with Crippen molar-refractivity contribution in [2.75, 3.05) is 19.6 Å². The Morgan fingerprint density at radius 2 is 0.681 bits per heavy atom. The number of Topliss-reactive ketones (excluding diaryl/α,β-unsaturated/α-hetero) is 3. The first kappa shape index (κ1) is 109. The van der Waals surface area contributed by atoms with Crippen molar-refractivity contribution in [3.8, 4) is 0 Å². The quantitative estimate of drug-likeness (QED) is 0.0178. The molecule has 20 atom stereocenters. The van der Waals surface area contributed by atoms with Crippen molar-refractivity contribution in [3.63, 3.8) is 0 Å². The third kappa shape index (κ3) is 26.2. The van der Waals surface area contributed by atoms with E-state index in [0.29, 0.717) is 31.8 Å². The van der Waals surface area contributed by atoms with Crippen molar-refractivity contribution >= 4 is 107 Å². The molecule has 5 unspecified atom stereocenters. The Morgan fingerprint density at radius 3 is 0.941 bits per heavy atom. The van der Waals surface area contributed by atoms with Gasteiger partial charge in [-0.1, -0.05) is 191 Å². The molecule has 0 aromatic heterocycles. The summed E-state index contributed by atoms with van der Waals surface area (Å²) in [5.41, 5.74) is 10.6. The zero-order chi connectivity index (χ0) is 102. The van der Waals surface area contributed by atoms with Crippen molar-refractivity contribution in [1.82, 2.24) is 62.6 Å². The molecule has 15 N–H and O–H groups in total. The molecule has 3 aliphatic heterocycles. The van der Waals surface area contributed by atoms with Crippen molar-refractivity contribution in [3.05, 3.63) is 0 Å². The summed E-state index contributed by atoms with van der Waals surface area (Å²) in [6.07, 6.45) is 8.66. The lowest BCUT2D eigenvalue weighted by molar-refractivity contribution is -0.159. The van der Waals surface area contributed by atoms with E-state index in [1.807, 2.05) is 132 Å². The van der Waals surface area contributed by atoms with Gasteiger partial charge in [0.2, 0.25) is 52.8 Å². The Morgan fingerprint density at radius 1 is 0.385 bits per heavy atom. The predicted octanol–water partition coefficient (Wildman–Crippen LogP) is 6.84. The predicted molar refractivity (Wildman–Crippen MR) is 492 cm³/mol. The van der Waals surface area contributed by atoms with E-state index in [-0.39, 0.29) is 88.3 Å². The van der Waals surface area contributed by atoms with E-state index < -0.39 is 236 Å². The SMILES string of the molecule is CC(C)(C)[C@H](NC(=O)N[C@H](C(=O)N1C[C@H]2[C@@H]([C@H]1C(=O)NC(CC1CCC1)C(=O)C(N)=O)C2(C)C)C(C)(C)C)C(=O)OC1CCC1.CC(C)[C@H](NC(=O)N[C@H](C(=O)N1C[C@H]2[C@@H]([C@H]1C(=O)NC(CC1CC1(F)F)C(=O)C(N)=O)C2(C)C)C(C)(C)C)C(=O)OC(C)(C)C.CC(OC(=O)[C@@H](NC(=O)N[C@H](C(=O)N1C[C@H]2[C@@H]([C@H]1C(=O)NC(CC1CC1)C(=O)C(N)=O)C2(C)C)C(C)(C)C)C(C)(C)C)C1CC1. The maximum Gasteiger partial charge on any atom is 0.329 e. The second kappa shape index (κ2) is 40.0. The number of primary amides is 3. The van der Waals surface area contributed by atoms with Crippen LogP contribution in [0.5, 0.6) is 0 Å². The second-order valence-corrected chi connectivity index (χ2v) is 48.7. The fourth-order valence-corrected chi connectivity index (χ4v) is 20.1. The number of nitrogens with zero attached hydrogens (tertiary/aromatic N) is 3. The topological polar surface area (TPSA) is 531 Å². The van der Waals surface area contributed by atoms with E-state index in [1.54, 1.807) is 55.4 Å². The van der Waals surface area contributed by atoms with Crippen LogP contribution in [0.2, 0.25) is 0 Å². The molecule has 11 rings (SSSR count). The van der Waals surface area contributed by atoms with Gasteiger partial charge in [-0.15, -0.1) is 0 Å². The fraction of sp³-hybridized carbons (Fsp3) is 0.814. The largest absolute Gasteiger partial charge is 0.461 e. The number of piperidine rings is 3. The van der Waals surface area contributed by atoms with Gasteiger partial charge in [0.25, 0.3) is 23.6 Å². The van der Waals surface area contributed by atoms with Crippen LogP contribution >= 0.6 is 0 Å². The Kier molecular flexibility index (Phi) is 32.3. The number of carbonyl (C=O) groups excluding carboxylic acids is 18. The Labute approximate surface area is 793 Å². The molecular weight excluding hydrogens is 1750 g/mol. The second-order valence-electron chi connectivity index (χ2n) is 48.7. The summed E-state index contributed by atoms with van der Waals surface area (Å²) >= 11 is 0. The minimum Gasteiger partial charge on any atom is -0.461 e. The number of amides is 15. The summed E-state index contributed by atoms with van der Waals surface area (Å²) < 4.78 is 44.1. The van der Waals surface area contributed by atoms with Crippen LogP contribution in [-0.4, -0.2) is 237 Å². The normalized spacial score (nSPS) is 26.4. The van der Waals surface area contributed by atoms with Crippen molar-refractivity contribution in [2.45, 2.75) is 373 Å². The summed E-state index contributed by atoms with van der Waals surface area (Å²) in [6.45, 7) is 50.4. The first-order valence-corrected chi connectivity index (χ1v) is 48.2. The van der Waals surface area contributed by atoms with E-state index in [4.69, 9.17) is 31.4 Å². The van der Waals surface area contributed by atoms with E-state index in [0.717, 1.165) is 64.2 Å². The highest BCUT2D eigenvalue weighted by Crippen LogP contribution is 2.67. The molecule has 11 fully saturated rings. The maximum absolute atomic E-state index is 14.3. The van der Waals surface area contributed by atoms with Gasteiger partial charge in [-0.2, -0.15) is 0 Å². The number of urea groups is 3. The molecule has 8 saturated carbocycles.